The molecular weight excluding hydrogens is 268 g/mol. The normalized spacial score (nSPS) is 25.3. The van der Waals surface area contributed by atoms with E-state index in [2.05, 4.69) is 10.3 Å². The van der Waals surface area contributed by atoms with Crippen LogP contribution in [0.15, 0.2) is 18.3 Å². The van der Waals surface area contributed by atoms with Gasteiger partial charge < -0.3 is 10.4 Å². The molecule has 0 aromatic carbocycles. The quantitative estimate of drug-likeness (QED) is 0.891. The maximum absolute atomic E-state index is 12.3. The molecule has 5 nitrogen and oxygen atoms in total. The summed E-state index contributed by atoms with van der Waals surface area (Å²) >= 11 is 0. The second-order valence-electron chi connectivity index (χ2n) is 6.10. The lowest BCUT2D eigenvalue weighted by Crippen LogP contribution is -2.38. The number of aromatic nitrogens is 1. The number of pyridine rings is 1. The van der Waals surface area contributed by atoms with Crippen molar-refractivity contribution in [2.24, 2.45) is 5.92 Å². The minimum Gasteiger partial charge on any atom is -0.481 e. The van der Waals surface area contributed by atoms with Crippen molar-refractivity contribution in [1.82, 2.24) is 10.3 Å². The molecule has 5 heteroatoms. The maximum Gasteiger partial charge on any atom is 0.306 e. The fraction of sp³-hybridized carbons (Fsp3) is 0.562. The molecule has 0 atom stereocenters. The van der Waals surface area contributed by atoms with Crippen LogP contribution in [-0.2, 0) is 4.79 Å². The molecule has 2 aliphatic rings. The van der Waals surface area contributed by atoms with E-state index in [-0.39, 0.29) is 17.9 Å². The maximum atomic E-state index is 12.3. The van der Waals surface area contributed by atoms with Crippen molar-refractivity contribution in [3.63, 3.8) is 0 Å². The molecule has 2 saturated carbocycles. The van der Waals surface area contributed by atoms with Gasteiger partial charge in [0, 0.05) is 29.4 Å². The van der Waals surface area contributed by atoms with Crippen molar-refractivity contribution < 1.29 is 14.7 Å². The van der Waals surface area contributed by atoms with Crippen LogP contribution in [0.3, 0.4) is 0 Å². The van der Waals surface area contributed by atoms with Gasteiger partial charge in [-0.25, -0.2) is 0 Å². The zero-order chi connectivity index (χ0) is 14.8. The van der Waals surface area contributed by atoms with Crippen LogP contribution < -0.4 is 5.32 Å². The highest BCUT2D eigenvalue weighted by Crippen LogP contribution is 2.39. The van der Waals surface area contributed by atoms with E-state index in [1.54, 1.807) is 12.3 Å². The average molecular weight is 288 g/mol. The van der Waals surface area contributed by atoms with Gasteiger partial charge in [-0.2, -0.15) is 0 Å². The zero-order valence-electron chi connectivity index (χ0n) is 11.9. The number of rotatable bonds is 4. The summed E-state index contributed by atoms with van der Waals surface area (Å²) in [5.41, 5.74) is 1.67. The second-order valence-corrected chi connectivity index (χ2v) is 6.10. The highest BCUT2D eigenvalue weighted by molar-refractivity contribution is 5.94. The summed E-state index contributed by atoms with van der Waals surface area (Å²) in [5, 5.41) is 12.0. The van der Waals surface area contributed by atoms with Crippen LogP contribution in [0.5, 0.6) is 0 Å². The van der Waals surface area contributed by atoms with E-state index in [0.29, 0.717) is 24.3 Å². The summed E-state index contributed by atoms with van der Waals surface area (Å²) in [4.78, 5) is 27.5. The van der Waals surface area contributed by atoms with E-state index >= 15 is 0 Å². The van der Waals surface area contributed by atoms with Gasteiger partial charge in [0.2, 0.25) is 0 Å². The number of nitrogens with zero attached hydrogens (tertiary/aromatic N) is 1. The van der Waals surface area contributed by atoms with Crippen molar-refractivity contribution in [1.29, 1.82) is 0 Å². The number of aliphatic carboxylic acids is 1. The molecular formula is C16H20N2O3. The number of nitrogens with one attached hydrogen (secondary N) is 1. The van der Waals surface area contributed by atoms with E-state index in [4.69, 9.17) is 5.11 Å². The molecule has 0 radical (unpaired) electrons. The fourth-order valence-electron chi connectivity index (χ4n) is 2.95. The summed E-state index contributed by atoms with van der Waals surface area (Å²) in [5.74, 6) is -0.509. The van der Waals surface area contributed by atoms with Crippen molar-refractivity contribution in [3.8, 4) is 0 Å². The number of carboxylic acid groups (broad SMARTS) is 1. The Morgan fingerprint density at radius 2 is 1.86 bits per heavy atom. The Balaban J connectivity index is 1.57. The first-order valence-corrected chi connectivity index (χ1v) is 7.63. The number of hydrogen-bond acceptors (Lipinski definition) is 3. The Kier molecular flexibility index (Phi) is 3.90. The number of carbonyl (C=O) groups is 2. The van der Waals surface area contributed by atoms with Gasteiger partial charge in [-0.05, 0) is 50.7 Å². The first-order chi connectivity index (χ1) is 10.1. The van der Waals surface area contributed by atoms with Crippen molar-refractivity contribution >= 4 is 11.9 Å². The first-order valence-electron chi connectivity index (χ1n) is 7.63. The molecule has 1 heterocycles. The highest BCUT2D eigenvalue weighted by Gasteiger charge is 2.28. The van der Waals surface area contributed by atoms with E-state index in [9.17, 15) is 9.59 Å². The van der Waals surface area contributed by atoms with Crippen LogP contribution >= 0.6 is 0 Å². The molecule has 21 heavy (non-hydrogen) atoms. The Morgan fingerprint density at radius 3 is 2.48 bits per heavy atom. The SMILES string of the molecule is O=C(NC1CCC(C(=O)O)CC1)c1ccnc(C2CC2)c1. The van der Waals surface area contributed by atoms with Gasteiger partial charge in [-0.1, -0.05) is 0 Å². The molecule has 112 valence electrons. The topological polar surface area (TPSA) is 79.3 Å². The van der Waals surface area contributed by atoms with Gasteiger partial charge in [0.05, 0.1) is 5.92 Å². The van der Waals surface area contributed by atoms with E-state index in [1.165, 1.54) is 0 Å². The van der Waals surface area contributed by atoms with Gasteiger partial charge >= 0.3 is 5.97 Å². The molecule has 1 aromatic rings. The summed E-state index contributed by atoms with van der Waals surface area (Å²) in [7, 11) is 0. The van der Waals surface area contributed by atoms with Crippen molar-refractivity contribution in [2.75, 3.05) is 0 Å². The lowest BCUT2D eigenvalue weighted by molar-refractivity contribution is -0.142. The monoisotopic (exact) mass is 288 g/mol. The Hall–Kier alpha value is -1.91. The van der Waals surface area contributed by atoms with Crippen LogP contribution in [0.1, 0.15) is 60.5 Å². The fourth-order valence-corrected chi connectivity index (χ4v) is 2.95. The van der Waals surface area contributed by atoms with Gasteiger partial charge in [-0.15, -0.1) is 0 Å². The summed E-state index contributed by atoms with van der Waals surface area (Å²) in [6.07, 6.45) is 6.79. The van der Waals surface area contributed by atoms with E-state index < -0.39 is 5.97 Å². The van der Waals surface area contributed by atoms with Gasteiger partial charge in [0.1, 0.15) is 0 Å². The number of carboxylic acids is 1. The van der Waals surface area contributed by atoms with Gasteiger partial charge in [0.25, 0.3) is 5.91 Å². The number of amides is 1. The van der Waals surface area contributed by atoms with E-state index in [0.717, 1.165) is 31.4 Å². The average Bonchev–Trinajstić information content (AvgIpc) is 3.32. The van der Waals surface area contributed by atoms with Crippen molar-refractivity contribution in [2.45, 2.75) is 50.5 Å². The molecule has 1 amide bonds. The summed E-state index contributed by atoms with van der Waals surface area (Å²) < 4.78 is 0. The lowest BCUT2D eigenvalue weighted by Gasteiger charge is -2.26. The highest BCUT2D eigenvalue weighted by atomic mass is 16.4. The van der Waals surface area contributed by atoms with Crippen LogP contribution in [0.2, 0.25) is 0 Å². The molecule has 2 N–H and O–H groups in total. The molecule has 2 fully saturated rings. The zero-order valence-corrected chi connectivity index (χ0v) is 11.9. The van der Waals surface area contributed by atoms with Crippen molar-refractivity contribution in [3.05, 3.63) is 29.6 Å². The number of carbonyl (C=O) groups excluding carboxylic acids is 1. The van der Waals surface area contributed by atoms with Crippen LogP contribution in [0.25, 0.3) is 0 Å². The van der Waals surface area contributed by atoms with Gasteiger partial charge in [-0.3, -0.25) is 14.6 Å². The Morgan fingerprint density at radius 1 is 1.14 bits per heavy atom. The van der Waals surface area contributed by atoms with E-state index in [1.807, 2.05) is 6.07 Å². The smallest absolute Gasteiger partial charge is 0.306 e. The third-order valence-corrected chi connectivity index (χ3v) is 4.45. The third-order valence-electron chi connectivity index (χ3n) is 4.45. The molecule has 0 spiro atoms. The second kappa shape index (κ2) is 5.84. The minimum atomic E-state index is -0.719. The predicted molar refractivity (Wildman–Crippen MR) is 77.1 cm³/mol. The molecule has 3 rings (SSSR count). The molecule has 1 aromatic heterocycles. The van der Waals surface area contributed by atoms with Crippen LogP contribution in [0.4, 0.5) is 0 Å². The molecule has 0 unspecified atom stereocenters. The number of hydrogen-bond donors (Lipinski definition) is 2. The summed E-state index contributed by atoms with van der Waals surface area (Å²) in [6, 6.07) is 3.71. The third kappa shape index (κ3) is 3.40. The molecule has 0 saturated heterocycles. The molecule has 2 aliphatic carbocycles. The standard InChI is InChI=1S/C16H20N2O3/c19-15(12-7-8-17-14(9-12)10-1-2-10)18-13-5-3-11(4-6-13)16(20)21/h7-11,13H,1-6H2,(H,18,19)(H,20,21). The minimum absolute atomic E-state index is 0.0712. The molecule has 0 aliphatic heterocycles. The molecule has 0 bridgehead atoms. The largest absolute Gasteiger partial charge is 0.481 e. The van der Waals surface area contributed by atoms with Gasteiger partial charge in [0.15, 0.2) is 0 Å². The Labute approximate surface area is 123 Å². The van der Waals surface area contributed by atoms with Crippen LogP contribution in [-0.4, -0.2) is 28.0 Å². The predicted octanol–water partition coefficient (Wildman–Crippen LogP) is 2.33. The Bertz CT molecular complexity index is 546. The summed E-state index contributed by atoms with van der Waals surface area (Å²) in [6.45, 7) is 0. The van der Waals surface area contributed by atoms with Crippen LogP contribution in [0, 0.1) is 5.92 Å². The lowest BCUT2D eigenvalue weighted by atomic mass is 9.86. The first kappa shape index (κ1) is 14.0.